The Hall–Kier alpha value is -1.35. The van der Waals surface area contributed by atoms with Crippen LogP contribution in [0.2, 0.25) is 0 Å². The van der Waals surface area contributed by atoms with Crippen LogP contribution < -0.4 is 0 Å². The zero-order valence-corrected chi connectivity index (χ0v) is 9.58. The Kier molecular flexibility index (Phi) is 1.83. The van der Waals surface area contributed by atoms with E-state index in [9.17, 15) is 0 Å². The molecule has 0 N–H and O–H groups in total. The number of para-hydroxylation sites is 1. The summed E-state index contributed by atoms with van der Waals surface area (Å²) >= 11 is 1.72. The minimum Gasteiger partial charge on any atom is -0.328 e. The van der Waals surface area contributed by atoms with E-state index < -0.39 is 0 Å². The fourth-order valence-corrected chi connectivity index (χ4v) is 3.06. The van der Waals surface area contributed by atoms with Gasteiger partial charge in [0.05, 0.1) is 11.0 Å². The molecule has 0 radical (unpaired) electrons. The largest absolute Gasteiger partial charge is 0.328 e. The van der Waals surface area contributed by atoms with Gasteiger partial charge in [0.1, 0.15) is 10.3 Å². The third kappa shape index (κ3) is 1.13. The molecule has 1 aromatic carbocycles. The van der Waals surface area contributed by atoms with Crippen LogP contribution in [0.25, 0.3) is 21.3 Å². The molecule has 2 heterocycles. The lowest BCUT2D eigenvalue weighted by atomic mass is 10.2. The highest BCUT2D eigenvalue weighted by Gasteiger charge is 2.13. The first-order valence-electron chi connectivity index (χ1n) is 5.11. The van der Waals surface area contributed by atoms with Crippen molar-refractivity contribution in [2.45, 2.75) is 19.9 Å². The first kappa shape index (κ1) is 8.92. The second-order valence-electron chi connectivity index (χ2n) is 3.99. The monoisotopic (exact) mass is 216 g/mol. The maximum absolute atomic E-state index is 4.45. The zero-order valence-electron chi connectivity index (χ0n) is 8.77. The van der Waals surface area contributed by atoms with E-state index in [4.69, 9.17) is 0 Å². The van der Waals surface area contributed by atoms with Crippen LogP contribution in [-0.2, 0) is 0 Å². The van der Waals surface area contributed by atoms with Gasteiger partial charge in [0.25, 0.3) is 0 Å². The van der Waals surface area contributed by atoms with E-state index in [2.05, 4.69) is 47.7 Å². The van der Waals surface area contributed by atoms with Gasteiger partial charge in [-0.2, -0.15) is 0 Å². The number of benzene rings is 1. The first-order valence-corrected chi connectivity index (χ1v) is 5.99. The SMILES string of the molecule is CC(C)n1c2ccccc2c2ncsc21. The molecule has 0 saturated carbocycles. The standard InChI is InChI=1S/C12H12N2S/c1-8(2)14-10-6-4-3-5-9(10)11-12(14)15-7-13-11/h3-8H,1-2H3. The van der Waals surface area contributed by atoms with E-state index in [1.165, 1.54) is 15.7 Å². The number of fused-ring (bicyclic) bond motifs is 3. The number of hydrogen-bond donors (Lipinski definition) is 0. The van der Waals surface area contributed by atoms with Crippen LogP contribution in [0, 0.1) is 0 Å². The third-order valence-electron chi connectivity index (χ3n) is 2.70. The number of hydrogen-bond acceptors (Lipinski definition) is 2. The van der Waals surface area contributed by atoms with Crippen LogP contribution in [0.3, 0.4) is 0 Å². The molecule has 0 aliphatic heterocycles. The molecule has 2 nitrogen and oxygen atoms in total. The Morgan fingerprint density at radius 3 is 2.87 bits per heavy atom. The number of aromatic nitrogens is 2. The van der Waals surface area contributed by atoms with E-state index >= 15 is 0 Å². The molecule has 0 amide bonds. The highest BCUT2D eigenvalue weighted by Crippen LogP contribution is 2.32. The van der Waals surface area contributed by atoms with E-state index in [1.54, 1.807) is 11.3 Å². The lowest BCUT2D eigenvalue weighted by molar-refractivity contribution is 0.645. The second-order valence-corrected chi connectivity index (χ2v) is 4.82. The topological polar surface area (TPSA) is 17.8 Å². The fourth-order valence-electron chi connectivity index (χ4n) is 2.10. The summed E-state index contributed by atoms with van der Waals surface area (Å²) in [5.74, 6) is 0. The summed E-state index contributed by atoms with van der Waals surface area (Å²) in [6.45, 7) is 4.43. The minimum absolute atomic E-state index is 0.479. The summed E-state index contributed by atoms with van der Waals surface area (Å²) in [4.78, 5) is 5.73. The molecule has 76 valence electrons. The van der Waals surface area contributed by atoms with Crippen molar-refractivity contribution in [1.82, 2.24) is 9.55 Å². The molecule has 0 bridgehead atoms. The van der Waals surface area contributed by atoms with Gasteiger partial charge in [0.2, 0.25) is 0 Å². The smallest absolute Gasteiger partial charge is 0.124 e. The molecule has 2 aromatic heterocycles. The summed E-state index contributed by atoms with van der Waals surface area (Å²) in [6.07, 6.45) is 0. The normalized spacial score (nSPS) is 11.9. The predicted octanol–water partition coefficient (Wildman–Crippen LogP) is 3.83. The molecule has 0 saturated heterocycles. The molecule has 0 spiro atoms. The lowest BCUT2D eigenvalue weighted by Gasteiger charge is -2.09. The van der Waals surface area contributed by atoms with E-state index in [0.29, 0.717) is 6.04 Å². The first-order chi connectivity index (χ1) is 7.29. The highest BCUT2D eigenvalue weighted by molar-refractivity contribution is 7.16. The van der Waals surface area contributed by atoms with Crippen LogP contribution in [-0.4, -0.2) is 9.55 Å². The van der Waals surface area contributed by atoms with Crippen molar-refractivity contribution in [2.75, 3.05) is 0 Å². The van der Waals surface area contributed by atoms with E-state index in [1.807, 2.05) is 5.51 Å². The summed E-state index contributed by atoms with van der Waals surface area (Å²) < 4.78 is 2.36. The molecule has 3 rings (SSSR count). The average molecular weight is 216 g/mol. The maximum Gasteiger partial charge on any atom is 0.124 e. The fraction of sp³-hybridized carbons (Fsp3) is 0.250. The van der Waals surface area contributed by atoms with Crippen molar-refractivity contribution < 1.29 is 0 Å². The van der Waals surface area contributed by atoms with Gasteiger partial charge in [-0.15, -0.1) is 11.3 Å². The molecule has 0 aliphatic rings. The Labute approximate surface area is 92.2 Å². The second kappa shape index (κ2) is 3.07. The average Bonchev–Trinajstić information content (AvgIpc) is 2.75. The van der Waals surface area contributed by atoms with Gasteiger partial charge in [-0.1, -0.05) is 18.2 Å². The molecular weight excluding hydrogens is 204 g/mol. The van der Waals surface area contributed by atoms with E-state index in [0.717, 1.165) is 5.52 Å². The number of thiazole rings is 1. The quantitative estimate of drug-likeness (QED) is 0.604. The maximum atomic E-state index is 4.45. The van der Waals surface area contributed by atoms with Crippen molar-refractivity contribution >= 4 is 32.6 Å². The van der Waals surface area contributed by atoms with Gasteiger partial charge >= 0.3 is 0 Å². The third-order valence-corrected chi connectivity index (χ3v) is 3.53. The Morgan fingerprint density at radius 1 is 1.27 bits per heavy atom. The highest BCUT2D eigenvalue weighted by atomic mass is 32.1. The van der Waals surface area contributed by atoms with Crippen molar-refractivity contribution in [3.8, 4) is 0 Å². The molecule has 15 heavy (non-hydrogen) atoms. The summed E-state index contributed by atoms with van der Waals surface area (Å²) in [5, 5.41) is 1.27. The van der Waals surface area contributed by atoms with Crippen molar-refractivity contribution in [3.05, 3.63) is 29.8 Å². The Bertz CT molecular complexity index is 619. The van der Waals surface area contributed by atoms with Crippen LogP contribution in [0.4, 0.5) is 0 Å². The number of nitrogens with zero attached hydrogens (tertiary/aromatic N) is 2. The van der Waals surface area contributed by atoms with Gasteiger partial charge in [-0.25, -0.2) is 4.98 Å². The van der Waals surface area contributed by atoms with E-state index in [-0.39, 0.29) is 0 Å². The summed E-state index contributed by atoms with van der Waals surface area (Å²) in [7, 11) is 0. The Balaban J connectivity index is 2.58. The van der Waals surface area contributed by atoms with Gasteiger partial charge < -0.3 is 4.57 Å². The van der Waals surface area contributed by atoms with Crippen LogP contribution in [0.5, 0.6) is 0 Å². The minimum atomic E-state index is 0.479. The predicted molar refractivity (Wildman–Crippen MR) is 65.5 cm³/mol. The lowest BCUT2D eigenvalue weighted by Crippen LogP contribution is -1.98. The van der Waals surface area contributed by atoms with Gasteiger partial charge in [0.15, 0.2) is 0 Å². The molecule has 0 fully saturated rings. The van der Waals surface area contributed by atoms with Crippen molar-refractivity contribution in [3.63, 3.8) is 0 Å². The molecule has 0 atom stereocenters. The Morgan fingerprint density at radius 2 is 2.07 bits per heavy atom. The van der Waals surface area contributed by atoms with Gasteiger partial charge in [-0.05, 0) is 19.9 Å². The molecule has 0 unspecified atom stereocenters. The van der Waals surface area contributed by atoms with Crippen LogP contribution >= 0.6 is 11.3 Å². The van der Waals surface area contributed by atoms with Crippen molar-refractivity contribution in [1.29, 1.82) is 0 Å². The molecule has 3 heteroatoms. The zero-order chi connectivity index (χ0) is 10.4. The number of rotatable bonds is 1. The van der Waals surface area contributed by atoms with Gasteiger partial charge in [0, 0.05) is 11.4 Å². The molecule has 3 aromatic rings. The van der Waals surface area contributed by atoms with Crippen molar-refractivity contribution in [2.24, 2.45) is 0 Å². The molecular formula is C12H12N2S. The summed E-state index contributed by atoms with van der Waals surface area (Å²) in [6, 6.07) is 8.96. The van der Waals surface area contributed by atoms with Crippen LogP contribution in [0.15, 0.2) is 29.8 Å². The van der Waals surface area contributed by atoms with Crippen LogP contribution in [0.1, 0.15) is 19.9 Å². The molecule has 0 aliphatic carbocycles. The summed E-state index contributed by atoms with van der Waals surface area (Å²) in [5.41, 5.74) is 4.36. The van der Waals surface area contributed by atoms with Gasteiger partial charge in [-0.3, -0.25) is 0 Å².